The SMILES string of the molecule is CCCOc1cccc(C(=O)n2c(=S)[nH]c3c(Cl)cc(Cl)cc3c2=O)c1. The molecule has 0 aliphatic carbocycles. The summed E-state index contributed by atoms with van der Waals surface area (Å²) in [6.45, 7) is 2.52. The summed E-state index contributed by atoms with van der Waals surface area (Å²) < 4.78 is 6.38. The molecule has 1 aromatic heterocycles. The Labute approximate surface area is 164 Å². The summed E-state index contributed by atoms with van der Waals surface area (Å²) in [5, 5.41) is 0.729. The molecular weight excluding hydrogens is 395 g/mol. The summed E-state index contributed by atoms with van der Waals surface area (Å²) >= 11 is 17.3. The van der Waals surface area contributed by atoms with E-state index in [9.17, 15) is 9.59 Å². The van der Waals surface area contributed by atoms with Crippen molar-refractivity contribution in [2.75, 3.05) is 6.61 Å². The molecule has 3 aromatic rings. The van der Waals surface area contributed by atoms with Crippen LogP contribution in [-0.2, 0) is 0 Å². The largest absolute Gasteiger partial charge is 0.494 e. The molecule has 0 atom stereocenters. The van der Waals surface area contributed by atoms with Crippen molar-refractivity contribution < 1.29 is 9.53 Å². The standard InChI is InChI=1S/C18H14Cl2N2O3S/c1-2-6-25-12-5-3-4-10(7-12)16(23)22-17(24)13-8-11(19)9-14(20)15(13)21-18(22)26/h3-5,7-9H,2,6H2,1H3,(H,21,26). The van der Waals surface area contributed by atoms with Crippen molar-refractivity contribution in [3.05, 3.63) is 67.1 Å². The summed E-state index contributed by atoms with van der Waals surface area (Å²) in [7, 11) is 0. The van der Waals surface area contributed by atoms with Crippen molar-refractivity contribution in [2.24, 2.45) is 0 Å². The van der Waals surface area contributed by atoms with E-state index < -0.39 is 11.5 Å². The zero-order valence-corrected chi connectivity index (χ0v) is 16.0. The van der Waals surface area contributed by atoms with E-state index in [1.807, 2.05) is 6.92 Å². The Morgan fingerprint density at radius 1 is 1.27 bits per heavy atom. The first-order chi connectivity index (χ1) is 12.4. The summed E-state index contributed by atoms with van der Waals surface area (Å²) in [6.07, 6.45) is 0.842. The van der Waals surface area contributed by atoms with Crippen LogP contribution in [0, 0.1) is 4.77 Å². The maximum atomic E-state index is 12.9. The van der Waals surface area contributed by atoms with Gasteiger partial charge < -0.3 is 9.72 Å². The predicted molar refractivity (Wildman–Crippen MR) is 105 cm³/mol. The van der Waals surface area contributed by atoms with E-state index in [2.05, 4.69) is 4.98 Å². The van der Waals surface area contributed by atoms with Gasteiger partial charge in [-0.15, -0.1) is 0 Å². The Morgan fingerprint density at radius 2 is 2.04 bits per heavy atom. The number of nitrogens with one attached hydrogen (secondary N) is 1. The normalized spacial score (nSPS) is 10.9. The Hall–Kier alpha value is -2.15. The van der Waals surface area contributed by atoms with Crippen LogP contribution in [0.2, 0.25) is 10.0 Å². The number of halogens is 2. The Kier molecular flexibility index (Phi) is 5.46. The van der Waals surface area contributed by atoms with Crippen LogP contribution in [0.5, 0.6) is 5.75 Å². The van der Waals surface area contributed by atoms with Crippen molar-refractivity contribution in [2.45, 2.75) is 13.3 Å². The maximum Gasteiger partial charge on any atom is 0.269 e. The van der Waals surface area contributed by atoms with Gasteiger partial charge in [0, 0.05) is 10.6 Å². The van der Waals surface area contributed by atoms with Crippen molar-refractivity contribution in [1.29, 1.82) is 0 Å². The number of hydrogen-bond donors (Lipinski definition) is 1. The van der Waals surface area contributed by atoms with Crippen LogP contribution in [-0.4, -0.2) is 22.1 Å². The molecule has 0 radical (unpaired) electrons. The van der Waals surface area contributed by atoms with Gasteiger partial charge in [0.2, 0.25) is 0 Å². The van der Waals surface area contributed by atoms with E-state index in [1.165, 1.54) is 12.1 Å². The number of benzene rings is 2. The van der Waals surface area contributed by atoms with Gasteiger partial charge in [0.15, 0.2) is 4.77 Å². The number of hydrogen-bond acceptors (Lipinski definition) is 4. The molecule has 3 rings (SSSR count). The molecule has 0 amide bonds. The van der Waals surface area contributed by atoms with Crippen molar-refractivity contribution >= 4 is 52.2 Å². The predicted octanol–water partition coefficient (Wildman–Crippen LogP) is 4.84. The summed E-state index contributed by atoms with van der Waals surface area (Å²) in [4.78, 5) is 28.5. The van der Waals surface area contributed by atoms with Crippen molar-refractivity contribution in [1.82, 2.24) is 9.55 Å². The number of H-pyrrole nitrogens is 1. The molecule has 0 bridgehead atoms. The fourth-order valence-corrected chi connectivity index (χ4v) is 3.31. The molecule has 0 saturated carbocycles. The minimum atomic E-state index is -0.585. The zero-order valence-electron chi connectivity index (χ0n) is 13.7. The number of rotatable bonds is 4. The third kappa shape index (κ3) is 3.53. The summed E-state index contributed by atoms with van der Waals surface area (Å²) in [5.41, 5.74) is 0.0425. The second kappa shape index (κ2) is 7.61. The fraction of sp³-hybridized carbons (Fsp3) is 0.167. The molecular formula is C18H14Cl2N2O3S. The van der Waals surface area contributed by atoms with Gasteiger partial charge in [-0.3, -0.25) is 9.59 Å². The lowest BCUT2D eigenvalue weighted by Crippen LogP contribution is -2.29. The van der Waals surface area contributed by atoms with Gasteiger partial charge in [-0.1, -0.05) is 36.2 Å². The first-order valence-corrected chi connectivity index (χ1v) is 9.00. The number of carbonyl (C=O) groups excluding carboxylic acids is 1. The molecule has 5 nitrogen and oxygen atoms in total. The quantitative estimate of drug-likeness (QED) is 0.627. The van der Waals surface area contributed by atoms with Crippen molar-refractivity contribution in [3.63, 3.8) is 0 Å². The number of nitrogens with zero attached hydrogens (tertiary/aromatic N) is 1. The number of aromatic nitrogens is 2. The Bertz CT molecular complexity index is 1120. The molecule has 2 aromatic carbocycles. The number of fused-ring (bicyclic) bond motifs is 1. The maximum absolute atomic E-state index is 12.9. The molecule has 134 valence electrons. The molecule has 8 heteroatoms. The topological polar surface area (TPSA) is 64.1 Å². The van der Waals surface area contributed by atoms with Crippen molar-refractivity contribution in [3.8, 4) is 5.75 Å². The van der Waals surface area contributed by atoms with E-state index in [4.69, 9.17) is 40.2 Å². The number of carbonyl (C=O) groups is 1. The van der Waals surface area contributed by atoms with Gasteiger partial charge in [-0.05, 0) is 49.0 Å². The lowest BCUT2D eigenvalue weighted by atomic mass is 10.2. The first-order valence-electron chi connectivity index (χ1n) is 7.84. The van der Waals surface area contributed by atoms with E-state index in [0.29, 0.717) is 22.9 Å². The summed E-state index contributed by atoms with van der Waals surface area (Å²) in [6, 6.07) is 9.55. The molecule has 0 spiro atoms. The summed E-state index contributed by atoms with van der Waals surface area (Å²) in [5.74, 6) is -0.0104. The highest BCUT2D eigenvalue weighted by atomic mass is 35.5. The average molecular weight is 409 g/mol. The van der Waals surface area contributed by atoms with E-state index in [-0.39, 0.29) is 20.7 Å². The van der Waals surface area contributed by atoms with E-state index >= 15 is 0 Å². The Balaban J connectivity index is 2.15. The third-order valence-corrected chi connectivity index (χ3v) is 4.48. The van der Waals surface area contributed by atoms with Gasteiger partial charge in [0.05, 0.1) is 22.5 Å². The van der Waals surface area contributed by atoms with Gasteiger partial charge in [-0.25, -0.2) is 4.57 Å². The van der Waals surface area contributed by atoms with Crippen LogP contribution >= 0.6 is 35.4 Å². The fourth-order valence-electron chi connectivity index (χ4n) is 2.50. The van der Waals surface area contributed by atoms with Gasteiger partial charge in [0.1, 0.15) is 5.75 Å². The molecule has 0 unspecified atom stereocenters. The van der Waals surface area contributed by atoms with Gasteiger partial charge in [0.25, 0.3) is 11.5 Å². The highest BCUT2D eigenvalue weighted by molar-refractivity contribution is 7.71. The molecule has 0 fully saturated rings. The van der Waals surface area contributed by atoms with Crippen LogP contribution in [0.1, 0.15) is 23.7 Å². The second-order valence-electron chi connectivity index (χ2n) is 5.56. The van der Waals surface area contributed by atoms with Crippen LogP contribution in [0.25, 0.3) is 10.9 Å². The van der Waals surface area contributed by atoms with E-state index in [0.717, 1.165) is 11.0 Å². The first kappa shape index (κ1) is 18.6. The molecule has 26 heavy (non-hydrogen) atoms. The molecule has 1 heterocycles. The van der Waals surface area contributed by atoms with Gasteiger partial charge >= 0.3 is 0 Å². The smallest absolute Gasteiger partial charge is 0.269 e. The lowest BCUT2D eigenvalue weighted by molar-refractivity contribution is 0.0953. The molecule has 0 saturated heterocycles. The van der Waals surface area contributed by atoms with Crippen LogP contribution < -0.4 is 10.3 Å². The van der Waals surface area contributed by atoms with E-state index in [1.54, 1.807) is 24.3 Å². The molecule has 0 aliphatic heterocycles. The number of aromatic amines is 1. The van der Waals surface area contributed by atoms with Crippen LogP contribution in [0.15, 0.2) is 41.2 Å². The van der Waals surface area contributed by atoms with Crippen LogP contribution in [0.3, 0.4) is 0 Å². The highest BCUT2D eigenvalue weighted by Crippen LogP contribution is 2.24. The third-order valence-electron chi connectivity index (χ3n) is 3.68. The van der Waals surface area contributed by atoms with Crippen LogP contribution in [0.4, 0.5) is 0 Å². The number of ether oxygens (including phenoxy) is 1. The molecule has 0 aliphatic rings. The van der Waals surface area contributed by atoms with Gasteiger partial charge in [-0.2, -0.15) is 0 Å². The zero-order chi connectivity index (χ0) is 18.8. The highest BCUT2D eigenvalue weighted by Gasteiger charge is 2.17. The average Bonchev–Trinajstić information content (AvgIpc) is 2.61. The minimum Gasteiger partial charge on any atom is -0.494 e. The second-order valence-corrected chi connectivity index (χ2v) is 6.79. The monoisotopic (exact) mass is 408 g/mol. The lowest BCUT2D eigenvalue weighted by Gasteiger charge is -2.10. The Morgan fingerprint density at radius 3 is 2.77 bits per heavy atom. The molecule has 1 N–H and O–H groups in total. The minimum absolute atomic E-state index is 0.0448.